The molecule has 0 saturated carbocycles. The molecule has 7 heteroatoms. The maximum absolute atomic E-state index is 13.8. The minimum Gasteiger partial charge on any atom is -0.345 e. The van der Waals surface area contributed by atoms with Crippen LogP contribution in [0.2, 0.25) is 0 Å². The van der Waals surface area contributed by atoms with Gasteiger partial charge in [-0.15, -0.1) is 0 Å². The van der Waals surface area contributed by atoms with Crippen molar-refractivity contribution in [2.45, 2.75) is 13.1 Å². The Morgan fingerprint density at radius 1 is 1.08 bits per heavy atom. The summed E-state index contributed by atoms with van der Waals surface area (Å²) in [6.07, 6.45) is 1.86. The molecule has 134 valence electrons. The summed E-state index contributed by atoms with van der Waals surface area (Å²) in [7, 11) is 0. The summed E-state index contributed by atoms with van der Waals surface area (Å²) in [6, 6.07) is 14.0. The molecule has 2 aromatic carbocycles. The van der Waals surface area contributed by atoms with Crippen LogP contribution in [-0.4, -0.2) is 10.6 Å². The minimum atomic E-state index is -0.524. The summed E-state index contributed by atoms with van der Waals surface area (Å²) in [5, 5.41) is 5.16. The van der Waals surface area contributed by atoms with E-state index in [1.165, 1.54) is 24.3 Å². The van der Waals surface area contributed by atoms with Crippen LogP contribution in [0.4, 0.5) is 19.3 Å². The van der Waals surface area contributed by atoms with Crippen molar-refractivity contribution in [3.05, 3.63) is 88.2 Å². The van der Waals surface area contributed by atoms with E-state index in [0.29, 0.717) is 11.0 Å². The number of carbonyl (C=O) groups is 1. The molecular formula is C19H16BrF2N3O. The predicted molar refractivity (Wildman–Crippen MR) is 99.9 cm³/mol. The Labute approximate surface area is 158 Å². The summed E-state index contributed by atoms with van der Waals surface area (Å²) in [6.45, 7) is 0.747. The number of nitrogens with zero attached hydrogens (tertiary/aromatic N) is 1. The first-order valence-corrected chi connectivity index (χ1v) is 8.69. The molecule has 1 heterocycles. The molecular weight excluding hydrogens is 404 g/mol. The molecule has 4 nitrogen and oxygen atoms in total. The van der Waals surface area contributed by atoms with Crippen LogP contribution in [0.3, 0.4) is 0 Å². The number of halogens is 3. The van der Waals surface area contributed by atoms with Gasteiger partial charge in [0.15, 0.2) is 0 Å². The van der Waals surface area contributed by atoms with E-state index in [4.69, 9.17) is 0 Å². The molecule has 2 amide bonds. The van der Waals surface area contributed by atoms with E-state index >= 15 is 0 Å². The van der Waals surface area contributed by atoms with Crippen molar-refractivity contribution in [2.75, 3.05) is 5.32 Å². The second-order valence-corrected chi connectivity index (χ2v) is 6.60. The molecule has 0 unspecified atom stereocenters. The number of benzene rings is 2. The van der Waals surface area contributed by atoms with Crippen molar-refractivity contribution in [3.63, 3.8) is 0 Å². The fourth-order valence-electron chi connectivity index (χ4n) is 2.52. The lowest BCUT2D eigenvalue weighted by molar-refractivity contribution is 0.251. The van der Waals surface area contributed by atoms with Crippen molar-refractivity contribution >= 4 is 27.6 Å². The number of hydrogen-bond donors (Lipinski definition) is 2. The third-order valence-corrected chi connectivity index (χ3v) is 4.27. The number of carbonyl (C=O) groups excluding carboxylic acids is 1. The van der Waals surface area contributed by atoms with Gasteiger partial charge in [-0.2, -0.15) is 0 Å². The molecule has 0 aliphatic carbocycles. The standard InChI is InChI=1S/C19H16BrF2N3O/c20-14-6-7-18(17(22)10-14)24-19(26)23-11-16-5-2-8-25(16)12-13-3-1-4-15(21)9-13/h1-10H,11-12H2,(H2,23,24,26). The highest BCUT2D eigenvalue weighted by atomic mass is 79.9. The zero-order valence-corrected chi connectivity index (χ0v) is 15.3. The first-order chi connectivity index (χ1) is 12.5. The number of amides is 2. The van der Waals surface area contributed by atoms with Crippen LogP contribution in [0.15, 0.2) is 65.3 Å². The van der Waals surface area contributed by atoms with Crippen molar-refractivity contribution in [1.82, 2.24) is 9.88 Å². The monoisotopic (exact) mass is 419 g/mol. The maximum atomic E-state index is 13.8. The topological polar surface area (TPSA) is 46.1 Å². The lowest BCUT2D eigenvalue weighted by Crippen LogP contribution is -2.29. The van der Waals surface area contributed by atoms with Crippen molar-refractivity contribution in [2.24, 2.45) is 0 Å². The van der Waals surface area contributed by atoms with Gasteiger partial charge >= 0.3 is 6.03 Å². The number of hydrogen-bond acceptors (Lipinski definition) is 1. The van der Waals surface area contributed by atoms with Crippen LogP contribution in [0, 0.1) is 11.6 Å². The second-order valence-electron chi connectivity index (χ2n) is 5.69. The van der Waals surface area contributed by atoms with E-state index in [1.54, 1.807) is 12.1 Å². The number of aromatic nitrogens is 1. The summed E-state index contributed by atoms with van der Waals surface area (Å²) < 4.78 is 29.6. The smallest absolute Gasteiger partial charge is 0.319 e. The Morgan fingerprint density at radius 3 is 2.69 bits per heavy atom. The average Bonchev–Trinajstić information content (AvgIpc) is 3.03. The largest absolute Gasteiger partial charge is 0.345 e. The summed E-state index contributed by atoms with van der Waals surface area (Å²) in [5.41, 5.74) is 1.77. The second kappa shape index (κ2) is 8.14. The van der Waals surface area contributed by atoms with Crippen molar-refractivity contribution in [1.29, 1.82) is 0 Å². The highest BCUT2D eigenvalue weighted by Crippen LogP contribution is 2.19. The first kappa shape index (κ1) is 18.1. The van der Waals surface area contributed by atoms with Crippen LogP contribution in [0.5, 0.6) is 0 Å². The molecule has 0 aliphatic heterocycles. The number of urea groups is 1. The van der Waals surface area contributed by atoms with Gasteiger partial charge in [0, 0.05) is 22.9 Å². The summed E-state index contributed by atoms with van der Waals surface area (Å²) in [4.78, 5) is 12.0. The Kier molecular flexibility index (Phi) is 5.68. The van der Waals surface area contributed by atoms with Crippen LogP contribution >= 0.6 is 15.9 Å². The SMILES string of the molecule is O=C(NCc1cccn1Cc1cccc(F)c1)Nc1ccc(Br)cc1F. The minimum absolute atomic E-state index is 0.0980. The zero-order chi connectivity index (χ0) is 18.5. The molecule has 3 rings (SSSR count). The van der Waals surface area contributed by atoms with Gasteiger partial charge in [-0.05, 0) is 48.0 Å². The molecule has 26 heavy (non-hydrogen) atoms. The van der Waals surface area contributed by atoms with Crippen LogP contribution < -0.4 is 10.6 Å². The molecule has 1 aromatic heterocycles. The van der Waals surface area contributed by atoms with Gasteiger partial charge in [0.25, 0.3) is 0 Å². The fraction of sp³-hybridized carbons (Fsp3) is 0.105. The molecule has 3 aromatic rings. The fourth-order valence-corrected chi connectivity index (χ4v) is 2.86. The molecule has 0 spiro atoms. The van der Waals surface area contributed by atoms with Gasteiger partial charge < -0.3 is 15.2 Å². The van der Waals surface area contributed by atoms with Gasteiger partial charge in [0.2, 0.25) is 0 Å². The molecule has 0 bridgehead atoms. The van der Waals surface area contributed by atoms with E-state index < -0.39 is 11.8 Å². The highest BCUT2D eigenvalue weighted by Gasteiger charge is 2.09. The summed E-state index contributed by atoms with van der Waals surface area (Å²) in [5.74, 6) is -0.811. The predicted octanol–water partition coefficient (Wildman–Crippen LogP) is 4.90. The molecule has 0 radical (unpaired) electrons. The van der Waals surface area contributed by atoms with Gasteiger partial charge in [0.1, 0.15) is 11.6 Å². The van der Waals surface area contributed by atoms with Crippen LogP contribution in [0.1, 0.15) is 11.3 Å². The van der Waals surface area contributed by atoms with E-state index in [1.807, 2.05) is 29.0 Å². The zero-order valence-electron chi connectivity index (χ0n) is 13.7. The molecule has 0 saturated heterocycles. The Morgan fingerprint density at radius 2 is 1.92 bits per heavy atom. The highest BCUT2D eigenvalue weighted by molar-refractivity contribution is 9.10. The van der Waals surface area contributed by atoms with E-state index in [-0.39, 0.29) is 18.0 Å². The molecule has 2 N–H and O–H groups in total. The van der Waals surface area contributed by atoms with Gasteiger partial charge in [-0.3, -0.25) is 0 Å². The van der Waals surface area contributed by atoms with E-state index in [2.05, 4.69) is 26.6 Å². The number of anilines is 1. The molecule has 0 aliphatic rings. The number of rotatable bonds is 5. The Hall–Kier alpha value is -2.67. The third kappa shape index (κ3) is 4.70. The summed E-state index contributed by atoms with van der Waals surface area (Å²) >= 11 is 3.16. The third-order valence-electron chi connectivity index (χ3n) is 3.77. The van der Waals surface area contributed by atoms with Crippen molar-refractivity contribution in [3.8, 4) is 0 Å². The molecule has 0 fully saturated rings. The number of nitrogens with one attached hydrogen (secondary N) is 2. The van der Waals surface area contributed by atoms with Gasteiger partial charge in [0.05, 0.1) is 12.2 Å². The normalized spacial score (nSPS) is 10.6. The lowest BCUT2D eigenvalue weighted by Gasteiger charge is -2.12. The maximum Gasteiger partial charge on any atom is 0.319 e. The Balaban J connectivity index is 1.60. The van der Waals surface area contributed by atoms with Crippen LogP contribution in [0.25, 0.3) is 0 Å². The van der Waals surface area contributed by atoms with Crippen LogP contribution in [-0.2, 0) is 13.1 Å². The van der Waals surface area contributed by atoms with E-state index in [0.717, 1.165) is 11.3 Å². The quantitative estimate of drug-likeness (QED) is 0.606. The average molecular weight is 420 g/mol. The molecule has 0 atom stereocenters. The Bertz CT molecular complexity index is 927. The van der Waals surface area contributed by atoms with Gasteiger partial charge in [-0.25, -0.2) is 13.6 Å². The van der Waals surface area contributed by atoms with E-state index in [9.17, 15) is 13.6 Å². The van der Waals surface area contributed by atoms with Gasteiger partial charge in [-0.1, -0.05) is 28.1 Å². The first-order valence-electron chi connectivity index (χ1n) is 7.89. The van der Waals surface area contributed by atoms with Crippen molar-refractivity contribution < 1.29 is 13.6 Å². The lowest BCUT2D eigenvalue weighted by atomic mass is 10.2.